The molecule has 0 fully saturated rings. The monoisotopic (exact) mass is 278 g/mol. The van der Waals surface area contributed by atoms with Crippen LogP contribution in [0.5, 0.6) is 5.75 Å². The minimum Gasteiger partial charge on any atom is -0.496 e. The summed E-state index contributed by atoms with van der Waals surface area (Å²) >= 11 is 1.56. The van der Waals surface area contributed by atoms with Crippen LogP contribution < -0.4 is 10.1 Å². The first-order valence-electron chi connectivity index (χ1n) is 6.11. The summed E-state index contributed by atoms with van der Waals surface area (Å²) in [7, 11) is 3.64. The molecule has 1 unspecified atom stereocenters. The van der Waals surface area contributed by atoms with Crippen molar-refractivity contribution in [3.63, 3.8) is 0 Å². The maximum Gasteiger partial charge on any atom is 0.255 e. The summed E-state index contributed by atoms with van der Waals surface area (Å²) in [6, 6.07) is 6.57. The van der Waals surface area contributed by atoms with Gasteiger partial charge in [-0.2, -0.15) is 0 Å². The van der Waals surface area contributed by atoms with E-state index in [2.05, 4.69) is 29.4 Å². The Morgan fingerprint density at radius 3 is 2.95 bits per heavy atom. The summed E-state index contributed by atoms with van der Waals surface area (Å²) in [5, 5.41) is 3.91. The zero-order valence-electron chi connectivity index (χ0n) is 11.3. The first-order valence-corrected chi connectivity index (χ1v) is 7.09. The fourth-order valence-electron chi connectivity index (χ4n) is 1.77. The average molecular weight is 278 g/mol. The average Bonchev–Trinajstić information content (AvgIpc) is 2.97. The highest BCUT2D eigenvalue weighted by molar-refractivity contribution is 7.98. The van der Waals surface area contributed by atoms with Crippen LogP contribution >= 0.6 is 11.8 Å². The van der Waals surface area contributed by atoms with Crippen LogP contribution in [0.15, 0.2) is 40.3 Å². The summed E-state index contributed by atoms with van der Waals surface area (Å²) in [4.78, 5) is 4.10. The van der Waals surface area contributed by atoms with E-state index < -0.39 is 0 Å². The molecule has 1 heterocycles. The van der Waals surface area contributed by atoms with Crippen molar-refractivity contribution in [1.82, 2.24) is 10.3 Å². The Morgan fingerprint density at radius 2 is 2.32 bits per heavy atom. The predicted molar refractivity (Wildman–Crippen MR) is 76.5 cm³/mol. The third kappa shape index (κ3) is 3.52. The summed E-state index contributed by atoms with van der Waals surface area (Å²) in [6.07, 6.45) is 3.23. The molecule has 0 saturated carbocycles. The van der Waals surface area contributed by atoms with Gasteiger partial charge in [0, 0.05) is 17.4 Å². The largest absolute Gasteiger partial charge is 0.496 e. The van der Waals surface area contributed by atoms with E-state index in [9.17, 15) is 0 Å². The molecule has 0 radical (unpaired) electrons. The van der Waals surface area contributed by atoms with E-state index in [1.165, 1.54) is 5.56 Å². The number of nitrogens with zero attached hydrogens (tertiary/aromatic N) is 1. The summed E-state index contributed by atoms with van der Waals surface area (Å²) < 4.78 is 10.6. The molecule has 4 nitrogen and oxygen atoms in total. The van der Waals surface area contributed by atoms with Crippen LogP contribution in [0, 0.1) is 0 Å². The van der Waals surface area contributed by atoms with E-state index in [0.29, 0.717) is 11.3 Å². The number of oxazole rings is 1. The lowest BCUT2D eigenvalue weighted by Gasteiger charge is -2.14. The van der Waals surface area contributed by atoms with Crippen LogP contribution in [0.1, 0.15) is 24.1 Å². The highest BCUT2D eigenvalue weighted by atomic mass is 32.2. The fraction of sp³-hybridized carbons (Fsp3) is 0.357. The van der Waals surface area contributed by atoms with Crippen LogP contribution in [0.25, 0.3) is 0 Å². The van der Waals surface area contributed by atoms with Gasteiger partial charge >= 0.3 is 0 Å². The van der Waals surface area contributed by atoms with Crippen molar-refractivity contribution >= 4 is 11.8 Å². The minimum atomic E-state index is 0.316. The van der Waals surface area contributed by atoms with Gasteiger partial charge in [0.05, 0.1) is 13.3 Å². The highest BCUT2D eigenvalue weighted by Gasteiger charge is 2.10. The number of hydrogen-bond acceptors (Lipinski definition) is 5. The second-order valence-electron chi connectivity index (χ2n) is 4.17. The zero-order valence-corrected chi connectivity index (χ0v) is 12.2. The van der Waals surface area contributed by atoms with Gasteiger partial charge in [0.25, 0.3) is 5.22 Å². The molecule has 1 aromatic heterocycles. The number of methoxy groups -OCH3 is 1. The zero-order chi connectivity index (χ0) is 13.7. The van der Waals surface area contributed by atoms with Crippen molar-refractivity contribution in [1.29, 1.82) is 0 Å². The van der Waals surface area contributed by atoms with Crippen molar-refractivity contribution in [2.75, 3.05) is 14.2 Å². The lowest BCUT2D eigenvalue weighted by atomic mass is 10.1. The van der Waals surface area contributed by atoms with E-state index in [4.69, 9.17) is 9.15 Å². The Bertz CT molecular complexity index is 514. The highest BCUT2D eigenvalue weighted by Crippen LogP contribution is 2.29. The van der Waals surface area contributed by atoms with Crippen molar-refractivity contribution in [3.8, 4) is 5.75 Å². The number of thioether (sulfide) groups is 1. The number of hydrogen-bond donors (Lipinski definition) is 1. The van der Waals surface area contributed by atoms with Gasteiger partial charge in [-0.15, -0.1) is 0 Å². The maximum absolute atomic E-state index is 5.40. The number of aromatic nitrogens is 1. The number of ether oxygens (including phenoxy) is 1. The SMILES string of the molecule is CNC(C)c1ccc(OC)c(CSc2ncco2)c1. The molecule has 0 amide bonds. The third-order valence-electron chi connectivity index (χ3n) is 3.00. The van der Waals surface area contributed by atoms with Gasteiger partial charge in [-0.3, -0.25) is 0 Å². The Labute approximate surface area is 117 Å². The molecule has 0 aliphatic carbocycles. The topological polar surface area (TPSA) is 47.3 Å². The molecule has 102 valence electrons. The van der Waals surface area contributed by atoms with Crippen LogP contribution in [-0.2, 0) is 5.75 Å². The second-order valence-corrected chi connectivity index (χ2v) is 5.09. The van der Waals surface area contributed by atoms with E-state index >= 15 is 0 Å². The van der Waals surface area contributed by atoms with Crippen molar-refractivity contribution < 1.29 is 9.15 Å². The molecular weight excluding hydrogens is 260 g/mol. The van der Waals surface area contributed by atoms with E-state index in [0.717, 1.165) is 17.1 Å². The quantitative estimate of drug-likeness (QED) is 0.822. The molecule has 19 heavy (non-hydrogen) atoms. The Morgan fingerprint density at radius 1 is 1.47 bits per heavy atom. The number of nitrogens with one attached hydrogen (secondary N) is 1. The van der Waals surface area contributed by atoms with E-state index in [1.54, 1.807) is 31.3 Å². The molecule has 0 aliphatic rings. The van der Waals surface area contributed by atoms with Crippen LogP contribution in [-0.4, -0.2) is 19.1 Å². The number of benzene rings is 1. The van der Waals surface area contributed by atoms with E-state index in [1.807, 2.05) is 13.1 Å². The normalized spacial score (nSPS) is 12.4. The van der Waals surface area contributed by atoms with Gasteiger partial charge in [-0.1, -0.05) is 17.8 Å². The van der Waals surface area contributed by atoms with Gasteiger partial charge in [0.15, 0.2) is 0 Å². The molecule has 2 rings (SSSR count). The molecule has 1 aromatic carbocycles. The lowest BCUT2D eigenvalue weighted by Crippen LogP contribution is -2.12. The molecule has 0 bridgehead atoms. The fourth-order valence-corrected chi connectivity index (χ4v) is 2.53. The smallest absolute Gasteiger partial charge is 0.255 e. The molecule has 1 N–H and O–H groups in total. The molecule has 0 spiro atoms. The van der Waals surface area contributed by atoms with Crippen molar-refractivity contribution in [3.05, 3.63) is 41.8 Å². The van der Waals surface area contributed by atoms with Crippen LogP contribution in [0.2, 0.25) is 0 Å². The minimum absolute atomic E-state index is 0.316. The molecule has 0 saturated heterocycles. The third-order valence-corrected chi connectivity index (χ3v) is 3.90. The Hall–Kier alpha value is -1.46. The molecular formula is C14H18N2O2S. The van der Waals surface area contributed by atoms with Gasteiger partial charge in [-0.25, -0.2) is 4.98 Å². The molecule has 2 aromatic rings. The summed E-state index contributed by atoms with van der Waals surface area (Å²) in [5.74, 6) is 1.67. The van der Waals surface area contributed by atoms with Gasteiger partial charge in [0.1, 0.15) is 12.0 Å². The van der Waals surface area contributed by atoms with Crippen LogP contribution in [0.4, 0.5) is 0 Å². The van der Waals surface area contributed by atoms with Gasteiger partial charge in [-0.05, 0) is 31.7 Å². The Balaban J connectivity index is 2.16. The second kappa shape index (κ2) is 6.63. The first kappa shape index (κ1) is 14.0. The van der Waals surface area contributed by atoms with Gasteiger partial charge in [0.2, 0.25) is 0 Å². The Kier molecular flexibility index (Phi) is 4.87. The van der Waals surface area contributed by atoms with Crippen molar-refractivity contribution in [2.45, 2.75) is 23.9 Å². The summed E-state index contributed by atoms with van der Waals surface area (Å²) in [5.41, 5.74) is 2.39. The predicted octanol–water partition coefficient (Wildman–Crippen LogP) is 3.26. The van der Waals surface area contributed by atoms with Crippen molar-refractivity contribution in [2.24, 2.45) is 0 Å². The molecule has 0 aliphatic heterocycles. The van der Waals surface area contributed by atoms with Crippen LogP contribution in [0.3, 0.4) is 0 Å². The van der Waals surface area contributed by atoms with Gasteiger partial charge < -0.3 is 14.5 Å². The molecule has 5 heteroatoms. The number of rotatable bonds is 6. The molecule has 1 atom stereocenters. The van der Waals surface area contributed by atoms with E-state index in [-0.39, 0.29) is 0 Å². The standard InChI is InChI=1S/C14H18N2O2S/c1-10(15-2)11-4-5-13(17-3)12(8-11)9-19-14-16-6-7-18-14/h4-8,10,15H,9H2,1-3H3. The summed E-state index contributed by atoms with van der Waals surface area (Å²) in [6.45, 7) is 2.13. The lowest BCUT2D eigenvalue weighted by molar-refractivity contribution is 0.410. The maximum atomic E-state index is 5.40. The first-order chi connectivity index (χ1) is 9.24.